The quantitative estimate of drug-likeness (QED) is 0.841. The van der Waals surface area contributed by atoms with Crippen LogP contribution in [-0.2, 0) is 0 Å². The number of nitrogens with zero attached hydrogens (tertiary/aromatic N) is 1. The molecule has 1 aliphatic heterocycles. The van der Waals surface area contributed by atoms with Crippen LogP contribution in [0.4, 0.5) is 8.78 Å². The van der Waals surface area contributed by atoms with Gasteiger partial charge in [0.2, 0.25) is 0 Å². The fraction of sp³-hybridized carbons (Fsp3) is 0.545. The molecular formula is C11H12F2N2O. The molecule has 2 heterocycles. The number of rotatable bonds is 3. The Balaban J connectivity index is 1.63. The summed E-state index contributed by atoms with van der Waals surface area (Å²) in [4.78, 5) is 3.40. The van der Waals surface area contributed by atoms with E-state index in [1.807, 2.05) is 0 Å². The van der Waals surface area contributed by atoms with Crippen molar-refractivity contribution in [2.75, 3.05) is 19.7 Å². The van der Waals surface area contributed by atoms with Crippen molar-refractivity contribution in [1.29, 1.82) is 0 Å². The Labute approximate surface area is 91.8 Å². The first-order valence-electron chi connectivity index (χ1n) is 5.40. The molecule has 0 radical (unpaired) electrons. The molecule has 3 rings (SSSR count). The van der Waals surface area contributed by atoms with Crippen LogP contribution in [0.15, 0.2) is 12.4 Å². The minimum absolute atomic E-state index is 0.298. The summed E-state index contributed by atoms with van der Waals surface area (Å²) < 4.78 is 31.6. The van der Waals surface area contributed by atoms with E-state index in [1.54, 1.807) is 0 Å². The predicted molar refractivity (Wildman–Crippen MR) is 53.0 cm³/mol. The predicted octanol–water partition coefficient (Wildman–Crippen LogP) is 1.20. The van der Waals surface area contributed by atoms with Crippen LogP contribution in [0.1, 0.15) is 0 Å². The summed E-state index contributed by atoms with van der Waals surface area (Å²) in [5.74, 6) is -0.0464. The van der Waals surface area contributed by atoms with Gasteiger partial charge < -0.3 is 10.1 Å². The number of hydrogen-bond donors (Lipinski definition) is 1. The van der Waals surface area contributed by atoms with Gasteiger partial charge in [0.25, 0.3) is 0 Å². The first-order chi connectivity index (χ1) is 7.77. The number of nitrogens with one attached hydrogen (secondary N) is 1. The van der Waals surface area contributed by atoms with E-state index in [1.165, 1.54) is 0 Å². The molecule has 1 aliphatic carbocycles. The first-order valence-corrected chi connectivity index (χ1v) is 5.40. The fourth-order valence-corrected chi connectivity index (χ4v) is 2.51. The lowest BCUT2D eigenvalue weighted by molar-refractivity contribution is 0.254. The Morgan fingerprint density at radius 2 is 1.88 bits per heavy atom. The molecule has 3 nitrogen and oxygen atoms in total. The van der Waals surface area contributed by atoms with Gasteiger partial charge in [-0.3, -0.25) is 4.98 Å². The van der Waals surface area contributed by atoms with Crippen molar-refractivity contribution in [2.24, 2.45) is 17.8 Å². The maximum absolute atomic E-state index is 13.2. The highest BCUT2D eigenvalue weighted by Gasteiger charge is 2.53. The van der Waals surface area contributed by atoms with Gasteiger partial charge in [0, 0.05) is 5.92 Å². The molecule has 2 fully saturated rings. The minimum Gasteiger partial charge on any atom is -0.487 e. The largest absolute Gasteiger partial charge is 0.487 e. The zero-order valence-corrected chi connectivity index (χ0v) is 8.62. The zero-order chi connectivity index (χ0) is 11.1. The lowest BCUT2D eigenvalue weighted by Crippen LogP contribution is -2.18. The number of piperidine rings is 1. The van der Waals surface area contributed by atoms with Gasteiger partial charge in [-0.15, -0.1) is 0 Å². The van der Waals surface area contributed by atoms with Gasteiger partial charge in [0.1, 0.15) is 0 Å². The van der Waals surface area contributed by atoms with Crippen molar-refractivity contribution in [3.05, 3.63) is 24.0 Å². The van der Waals surface area contributed by atoms with Gasteiger partial charge in [-0.25, -0.2) is 8.78 Å². The van der Waals surface area contributed by atoms with Crippen molar-refractivity contribution in [2.45, 2.75) is 0 Å². The molecule has 0 amide bonds. The van der Waals surface area contributed by atoms with Crippen LogP contribution in [0.2, 0.25) is 0 Å². The average molecular weight is 226 g/mol. The van der Waals surface area contributed by atoms with E-state index in [2.05, 4.69) is 10.3 Å². The van der Waals surface area contributed by atoms with E-state index in [0.717, 1.165) is 25.5 Å². The van der Waals surface area contributed by atoms with Crippen LogP contribution in [-0.4, -0.2) is 24.7 Å². The second-order valence-corrected chi connectivity index (χ2v) is 4.39. The van der Waals surface area contributed by atoms with Crippen LogP contribution >= 0.6 is 0 Å². The van der Waals surface area contributed by atoms with Crippen LogP contribution in [0.25, 0.3) is 0 Å². The summed E-state index contributed by atoms with van der Waals surface area (Å²) in [7, 11) is 0. The Hall–Kier alpha value is -1.23. The molecule has 0 spiro atoms. The maximum Gasteiger partial charge on any atom is 0.193 e. The highest BCUT2D eigenvalue weighted by atomic mass is 19.1. The van der Waals surface area contributed by atoms with Gasteiger partial charge in [-0.2, -0.15) is 0 Å². The monoisotopic (exact) mass is 226 g/mol. The summed E-state index contributed by atoms with van der Waals surface area (Å²) >= 11 is 0. The van der Waals surface area contributed by atoms with E-state index in [9.17, 15) is 8.78 Å². The Morgan fingerprint density at radius 3 is 2.50 bits per heavy atom. The standard InChI is InChI=1S/C11H12F2N2O/c12-9-3-15-4-10(13)11(9)16-5-8-6-1-14-2-7(6)8/h3-4,6-8,14H,1-2,5H2/t6-,7+,8?. The Bertz CT molecular complexity index is 383. The number of aromatic nitrogens is 1. The molecule has 1 saturated carbocycles. The summed E-state index contributed by atoms with van der Waals surface area (Å²) in [6.45, 7) is 2.40. The summed E-state index contributed by atoms with van der Waals surface area (Å²) in [6, 6.07) is 0. The highest BCUT2D eigenvalue weighted by Crippen LogP contribution is 2.48. The molecule has 16 heavy (non-hydrogen) atoms. The van der Waals surface area contributed by atoms with E-state index in [0.29, 0.717) is 24.4 Å². The molecule has 1 N–H and O–H groups in total. The maximum atomic E-state index is 13.2. The number of hydrogen-bond acceptors (Lipinski definition) is 3. The van der Waals surface area contributed by atoms with Gasteiger partial charge in [0.15, 0.2) is 17.4 Å². The Kier molecular flexibility index (Phi) is 2.28. The normalized spacial score (nSPS) is 31.2. The molecule has 1 aromatic heterocycles. The summed E-state index contributed by atoms with van der Waals surface area (Å²) in [5.41, 5.74) is 0. The van der Waals surface area contributed by atoms with Gasteiger partial charge in [-0.1, -0.05) is 0 Å². The van der Waals surface area contributed by atoms with Crippen molar-refractivity contribution in [3.63, 3.8) is 0 Å². The molecule has 86 valence electrons. The van der Waals surface area contributed by atoms with Gasteiger partial charge >= 0.3 is 0 Å². The third-order valence-electron chi connectivity index (χ3n) is 3.50. The smallest absolute Gasteiger partial charge is 0.193 e. The SMILES string of the molecule is Fc1cncc(F)c1OCC1[C@H]2CNC[C@@H]12. The average Bonchev–Trinajstić information content (AvgIpc) is 2.72. The second-order valence-electron chi connectivity index (χ2n) is 4.39. The molecule has 1 saturated heterocycles. The van der Waals surface area contributed by atoms with Crippen molar-refractivity contribution < 1.29 is 13.5 Å². The molecule has 5 heteroatoms. The number of pyridine rings is 1. The minimum atomic E-state index is -0.732. The molecule has 3 atom stereocenters. The lowest BCUT2D eigenvalue weighted by Gasteiger charge is -2.09. The fourth-order valence-electron chi connectivity index (χ4n) is 2.51. The number of ether oxygens (including phenoxy) is 1. The van der Waals surface area contributed by atoms with E-state index < -0.39 is 11.6 Å². The number of halogens is 2. The molecule has 0 bridgehead atoms. The first kappa shape index (κ1) is 9.96. The van der Waals surface area contributed by atoms with Crippen LogP contribution < -0.4 is 10.1 Å². The van der Waals surface area contributed by atoms with Gasteiger partial charge in [-0.05, 0) is 24.9 Å². The molecule has 1 aromatic rings. The summed E-state index contributed by atoms with van der Waals surface area (Å²) in [5, 5.41) is 3.26. The Morgan fingerprint density at radius 1 is 1.25 bits per heavy atom. The molecule has 1 unspecified atom stereocenters. The van der Waals surface area contributed by atoms with Crippen LogP contribution in [0.3, 0.4) is 0 Å². The lowest BCUT2D eigenvalue weighted by atomic mass is 10.3. The van der Waals surface area contributed by atoms with Crippen molar-refractivity contribution in [3.8, 4) is 5.75 Å². The third-order valence-corrected chi connectivity index (χ3v) is 3.50. The molecular weight excluding hydrogens is 214 g/mol. The third kappa shape index (κ3) is 1.55. The number of fused-ring (bicyclic) bond motifs is 1. The van der Waals surface area contributed by atoms with E-state index in [4.69, 9.17) is 4.74 Å². The topological polar surface area (TPSA) is 34.1 Å². The van der Waals surface area contributed by atoms with Crippen molar-refractivity contribution in [1.82, 2.24) is 10.3 Å². The molecule has 0 aromatic carbocycles. The van der Waals surface area contributed by atoms with Crippen LogP contribution in [0, 0.1) is 29.4 Å². The van der Waals surface area contributed by atoms with Crippen molar-refractivity contribution >= 4 is 0 Å². The van der Waals surface area contributed by atoms with Crippen LogP contribution in [0.5, 0.6) is 5.75 Å². The zero-order valence-electron chi connectivity index (χ0n) is 8.62. The second kappa shape index (κ2) is 3.66. The van der Waals surface area contributed by atoms with E-state index >= 15 is 0 Å². The summed E-state index contributed by atoms with van der Waals surface area (Å²) in [6.07, 6.45) is 1.93. The molecule has 2 aliphatic rings. The van der Waals surface area contributed by atoms with Gasteiger partial charge in [0.05, 0.1) is 19.0 Å². The highest BCUT2D eigenvalue weighted by molar-refractivity contribution is 5.22. The van der Waals surface area contributed by atoms with E-state index in [-0.39, 0.29) is 5.75 Å².